The number of methoxy groups -OCH3 is 1. The molecule has 0 N–H and O–H groups in total. The number of unbranched alkanes of at least 4 members (excludes halogenated alkanes) is 1. The minimum Gasteiger partial charge on any atom is -0.462 e. The number of carbonyl (C=O) groups is 1. The van der Waals surface area contributed by atoms with Gasteiger partial charge in [0.1, 0.15) is 12.4 Å². The third-order valence-electron chi connectivity index (χ3n) is 4.62. The summed E-state index contributed by atoms with van der Waals surface area (Å²) < 4.78 is 12.6. The van der Waals surface area contributed by atoms with Crippen molar-refractivity contribution in [2.45, 2.75) is 26.5 Å². The van der Waals surface area contributed by atoms with Crippen molar-refractivity contribution in [1.82, 2.24) is 9.78 Å². The Morgan fingerprint density at radius 2 is 1.86 bits per heavy atom. The summed E-state index contributed by atoms with van der Waals surface area (Å²) in [6.45, 7) is 6.72. The van der Waals surface area contributed by atoms with Crippen molar-refractivity contribution in [3.05, 3.63) is 72.3 Å². The molecule has 3 rings (SSSR count). The highest BCUT2D eigenvalue weighted by Gasteiger charge is 2.23. The van der Waals surface area contributed by atoms with Gasteiger partial charge in [-0.15, -0.1) is 0 Å². The second-order valence-electron chi connectivity index (χ2n) is 6.63. The first-order chi connectivity index (χ1) is 14.2. The van der Waals surface area contributed by atoms with E-state index >= 15 is 0 Å². The van der Waals surface area contributed by atoms with Crippen molar-refractivity contribution in [1.29, 1.82) is 0 Å². The molecule has 0 saturated heterocycles. The molecular formula is C24H26N2O3. The van der Waals surface area contributed by atoms with Crippen LogP contribution in [-0.2, 0) is 16.2 Å². The first kappa shape index (κ1) is 20.6. The molecule has 0 radical (unpaired) electrons. The van der Waals surface area contributed by atoms with Gasteiger partial charge in [-0.25, -0.2) is 9.48 Å². The highest BCUT2D eigenvalue weighted by atomic mass is 16.5. The van der Waals surface area contributed by atoms with Crippen molar-refractivity contribution >= 4 is 12.0 Å². The Labute approximate surface area is 171 Å². The highest BCUT2D eigenvalue weighted by molar-refractivity contribution is 5.98. The predicted octanol–water partition coefficient (Wildman–Crippen LogP) is 5.42. The molecule has 5 nitrogen and oxygen atoms in total. The lowest BCUT2D eigenvalue weighted by Gasteiger charge is -2.12. The van der Waals surface area contributed by atoms with Gasteiger partial charge in [0.2, 0.25) is 0 Å². The molecule has 1 heterocycles. The van der Waals surface area contributed by atoms with Crippen LogP contribution in [0.3, 0.4) is 0 Å². The molecule has 0 amide bonds. The Bertz CT molecular complexity index is 977. The van der Waals surface area contributed by atoms with Gasteiger partial charge in [0.25, 0.3) is 0 Å². The predicted molar refractivity (Wildman–Crippen MR) is 115 cm³/mol. The summed E-state index contributed by atoms with van der Waals surface area (Å²) in [5.41, 5.74) is 4.65. The molecule has 3 aromatic rings. The van der Waals surface area contributed by atoms with Crippen LogP contribution in [-0.4, -0.2) is 29.5 Å². The molecule has 0 atom stereocenters. The first-order valence-electron chi connectivity index (χ1n) is 9.75. The maximum Gasteiger partial charge on any atom is 0.338 e. The molecule has 0 spiro atoms. The summed E-state index contributed by atoms with van der Waals surface area (Å²) in [6, 6.07) is 17.3. The van der Waals surface area contributed by atoms with Crippen molar-refractivity contribution in [3.8, 4) is 22.5 Å². The number of esters is 1. The molecule has 1 aromatic heterocycles. The average molecular weight is 390 g/mol. The van der Waals surface area contributed by atoms with Crippen LogP contribution in [0.15, 0.2) is 61.2 Å². The average Bonchev–Trinajstić information content (AvgIpc) is 3.13. The molecular weight excluding hydrogens is 364 g/mol. The Morgan fingerprint density at radius 1 is 1.14 bits per heavy atom. The molecule has 0 aliphatic heterocycles. The van der Waals surface area contributed by atoms with E-state index < -0.39 is 0 Å². The summed E-state index contributed by atoms with van der Waals surface area (Å²) in [7, 11) is 1.62. The number of hydrogen-bond donors (Lipinski definition) is 0. The standard InChI is InChI=1S/C24H26N2O3/c1-4-6-16-29-24(27)21-15-11-10-14-20(21)23-19(5-2)22(25-26(23)17-28-3)18-12-8-7-9-13-18/h5,7-15H,2,4,6,16-17H2,1,3H3. The van der Waals surface area contributed by atoms with Crippen molar-refractivity contribution in [3.63, 3.8) is 0 Å². The summed E-state index contributed by atoms with van der Waals surface area (Å²) in [6.07, 6.45) is 3.58. The maximum atomic E-state index is 12.8. The van der Waals surface area contributed by atoms with Gasteiger partial charge in [0.05, 0.1) is 17.9 Å². The Hall–Kier alpha value is -3.18. The third kappa shape index (κ3) is 4.46. The first-order valence-corrected chi connectivity index (χ1v) is 9.75. The van der Waals surface area contributed by atoms with Crippen LogP contribution in [0.1, 0.15) is 35.7 Å². The van der Waals surface area contributed by atoms with E-state index in [2.05, 4.69) is 13.5 Å². The summed E-state index contributed by atoms with van der Waals surface area (Å²) in [5, 5.41) is 4.76. The molecule has 0 bridgehead atoms. The molecule has 29 heavy (non-hydrogen) atoms. The number of ether oxygens (including phenoxy) is 2. The molecule has 0 aliphatic carbocycles. The van der Waals surface area contributed by atoms with Crippen LogP contribution >= 0.6 is 0 Å². The van der Waals surface area contributed by atoms with E-state index in [1.54, 1.807) is 23.9 Å². The van der Waals surface area contributed by atoms with Gasteiger partial charge in [-0.2, -0.15) is 5.10 Å². The number of aromatic nitrogens is 2. The normalized spacial score (nSPS) is 10.7. The van der Waals surface area contributed by atoms with Crippen LogP contribution in [0.2, 0.25) is 0 Å². The third-order valence-corrected chi connectivity index (χ3v) is 4.62. The van der Waals surface area contributed by atoms with Gasteiger partial charge in [-0.1, -0.05) is 74.5 Å². The Balaban J connectivity index is 2.15. The number of nitrogens with zero attached hydrogens (tertiary/aromatic N) is 2. The van der Waals surface area contributed by atoms with Gasteiger partial charge >= 0.3 is 5.97 Å². The number of rotatable bonds is 9. The summed E-state index contributed by atoms with van der Waals surface area (Å²) >= 11 is 0. The second-order valence-corrected chi connectivity index (χ2v) is 6.63. The zero-order chi connectivity index (χ0) is 20.6. The van der Waals surface area contributed by atoms with Gasteiger partial charge in [0, 0.05) is 23.8 Å². The lowest BCUT2D eigenvalue weighted by Crippen LogP contribution is -2.10. The summed E-state index contributed by atoms with van der Waals surface area (Å²) in [5.74, 6) is -0.338. The molecule has 0 aliphatic rings. The van der Waals surface area contributed by atoms with Crippen molar-refractivity contribution in [2.75, 3.05) is 13.7 Å². The van der Waals surface area contributed by atoms with E-state index in [-0.39, 0.29) is 12.7 Å². The zero-order valence-corrected chi connectivity index (χ0v) is 16.9. The van der Waals surface area contributed by atoms with E-state index in [1.807, 2.05) is 48.5 Å². The van der Waals surface area contributed by atoms with Crippen molar-refractivity contribution in [2.24, 2.45) is 0 Å². The number of carbonyl (C=O) groups excluding carboxylic acids is 1. The fraction of sp³-hybridized carbons (Fsp3) is 0.250. The van der Waals surface area contributed by atoms with Crippen LogP contribution in [0, 0.1) is 0 Å². The molecule has 150 valence electrons. The second kappa shape index (κ2) is 9.85. The lowest BCUT2D eigenvalue weighted by molar-refractivity contribution is 0.0500. The lowest BCUT2D eigenvalue weighted by atomic mass is 9.98. The van der Waals surface area contributed by atoms with E-state index in [9.17, 15) is 4.79 Å². The van der Waals surface area contributed by atoms with Crippen LogP contribution in [0.25, 0.3) is 28.6 Å². The summed E-state index contributed by atoms with van der Waals surface area (Å²) in [4.78, 5) is 12.8. The maximum absolute atomic E-state index is 12.8. The minimum absolute atomic E-state index is 0.252. The smallest absolute Gasteiger partial charge is 0.338 e. The van der Waals surface area contributed by atoms with Crippen molar-refractivity contribution < 1.29 is 14.3 Å². The SMILES string of the molecule is C=Cc1c(-c2ccccc2)nn(COC)c1-c1ccccc1C(=O)OCCCC. The van der Waals surface area contributed by atoms with Gasteiger partial charge in [-0.05, 0) is 12.5 Å². The van der Waals surface area contributed by atoms with E-state index in [0.29, 0.717) is 12.2 Å². The number of hydrogen-bond acceptors (Lipinski definition) is 4. The molecule has 0 unspecified atom stereocenters. The van der Waals surface area contributed by atoms with Gasteiger partial charge in [0.15, 0.2) is 0 Å². The zero-order valence-electron chi connectivity index (χ0n) is 16.9. The molecule has 5 heteroatoms. The van der Waals surface area contributed by atoms with Crippen LogP contribution < -0.4 is 0 Å². The van der Waals surface area contributed by atoms with E-state index in [4.69, 9.17) is 14.6 Å². The minimum atomic E-state index is -0.338. The molecule has 0 saturated carbocycles. The van der Waals surface area contributed by atoms with E-state index in [0.717, 1.165) is 40.9 Å². The largest absolute Gasteiger partial charge is 0.462 e. The van der Waals surface area contributed by atoms with Crippen LogP contribution in [0.5, 0.6) is 0 Å². The fourth-order valence-corrected chi connectivity index (χ4v) is 3.23. The highest BCUT2D eigenvalue weighted by Crippen LogP contribution is 2.35. The fourth-order valence-electron chi connectivity index (χ4n) is 3.23. The topological polar surface area (TPSA) is 53.4 Å². The van der Waals surface area contributed by atoms with Crippen LogP contribution in [0.4, 0.5) is 0 Å². The van der Waals surface area contributed by atoms with E-state index in [1.165, 1.54) is 0 Å². The van der Waals surface area contributed by atoms with Gasteiger partial charge in [-0.3, -0.25) is 0 Å². The number of benzene rings is 2. The Morgan fingerprint density at radius 3 is 2.55 bits per heavy atom. The monoisotopic (exact) mass is 390 g/mol. The quantitative estimate of drug-likeness (QED) is 0.362. The molecule has 2 aromatic carbocycles. The Kier molecular flexibility index (Phi) is 6.98. The molecule has 0 fully saturated rings. The van der Waals surface area contributed by atoms with Gasteiger partial charge < -0.3 is 9.47 Å².